The van der Waals surface area contributed by atoms with Crippen LogP contribution in [-0.2, 0) is 4.74 Å². The third-order valence-electron chi connectivity index (χ3n) is 2.96. The number of hydrogen-bond acceptors (Lipinski definition) is 1. The molecule has 1 aliphatic heterocycles. The fraction of sp³-hybridized carbons (Fsp3) is 1.00. The zero-order chi connectivity index (χ0) is 8.54. The first kappa shape index (κ1) is 9.05. The van der Waals surface area contributed by atoms with Gasteiger partial charge >= 0.3 is 0 Å². The van der Waals surface area contributed by atoms with Crippen molar-refractivity contribution in [2.45, 2.75) is 64.6 Å². The van der Waals surface area contributed by atoms with Crippen LogP contribution in [0, 0.1) is 0 Å². The van der Waals surface area contributed by atoms with E-state index in [9.17, 15) is 0 Å². The minimum Gasteiger partial charge on any atom is -0.369 e. The molecule has 1 saturated heterocycles. The third-order valence-corrected chi connectivity index (χ3v) is 2.96. The lowest BCUT2D eigenvalue weighted by Crippen LogP contribution is -2.30. The lowest BCUT2D eigenvalue weighted by atomic mass is 9.93. The van der Waals surface area contributed by atoms with Gasteiger partial charge in [-0.3, -0.25) is 0 Å². The fourth-order valence-corrected chi connectivity index (χ4v) is 1.96. The molecule has 0 aromatic carbocycles. The van der Waals surface area contributed by atoms with E-state index in [1.165, 1.54) is 12.8 Å². The van der Waals surface area contributed by atoms with Crippen molar-refractivity contribution in [3.8, 4) is 0 Å². The molecule has 0 aromatic heterocycles. The molecule has 11 heavy (non-hydrogen) atoms. The van der Waals surface area contributed by atoms with Crippen LogP contribution >= 0.6 is 0 Å². The highest BCUT2D eigenvalue weighted by molar-refractivity contribution is 4.91. The molecular weight excluding hydrogens is 136 g/mol. The number of ether oxygens (including phenoxy) is 1. The smallest absolute Gasteiger partial charge is 0.0685 e. The van der Waals surface area contributed by atoms with Crippen molar-refractivity contribution in [2.24, 2.45) is 0 Å². The first-order chi connectivity index (χ1) is 5.04. The topological polar surface area (TPSA) is 9.23 Å². The average Bonchev–Trinajstić information content (AvgIpc) is 2.28. The highest BCUT2D eigenvalue weighted by Gasteiger charge is 2.41. The molecule has 1 heterocycles. The summed E-state index contributed by atoms with van der Waals surface area (Å²) in [6.45, 7) is 8.84. The van der Waals surface area contributed by atoms with Crippen LogP contribution in [-0.4, -0.2) is 11.2 Å². The molecule has 0 atom stereocenters. The molecule has 0 bridgehead atoms. The summed E-state index contributed by atoms with van der Waals surface area (Å²) >= 11 is 0. The molecule has 1 rings (SSSR count). The van der Waals surface area contributed by atoms with Gasteiger partial charge in [0.1, 0.15) is 0 Å². The van der Waals surface area contributed by atoms with Crippen LogP contribution in [0.3, 0.4) is 0 Å². The Kier molecular flexibility index (Phi) is 2.29. The van der Waals surface area contributed by atoms with Crippen LogP contribution in [0.15, 0.2) is 0 Å². The van der Waals surface area contributed by atoms with Crippen LogP contribution in [0.5, 0.6) is 0 Å². The summed E-state index contributed by atoms with van der Waals surface area (Å²) in [5.41, 5.74) is 0.343. The molecule has 0 unspecified atom stereocenters. The van der Waals surface area contributed by atoms with Crippen molar-refractivity contribution in [1.82, 2.24) is 0 Å². The molecular formula is C10H20O. The van der Waals surface area contributed by atoms with Crippen molar-refractivity contribution < 1.29 is 4.74 Å². The minimum absolute atomic E-state index is 0.131. The molecule has 0 N–H and O–H groups in total. The molecule has 0 aromatic rings. The normalized spacial score (nSPS) is 27.3. The molecule has 1 nitrogen and oxygen atoms in total. The van der Waals surface area contributed by atoms with E-state index in [0.29, 0.717) is 0 Å². The highest BCUT2D eigenvalue weighted by Crippen LogP contribution is 2.41. The Bertz CT molecular complexity index is 134. The maximum atomic E-state index is 6.03. The zero-order valence-electron chi connectivity index (χ0n) is 8.24. The van der Waals surface area contributed by atoms with E-state index in [-0.39, 0.29) is 11.2 Å². The zero-order valence-corrected chi connectivity index (χ0v) is 8.24. The lowest BCUT2D eigenvalue weighted by molar-refractivity contribution is -0.0891. The standard InChI is InChI=1S/C10H20O/c1-5-10(6-2)8-7-9(3,4)11-10/h5-8H2,1-4H3. The van der Waals surface area contributed by atoms with E-state index < -0.39 is 0 Å². The average molecular weight is 156 g/mol. The van der Waals surface area contributed by atoms with E-state index >= 15 is 0 Å². The fourth-order valence-electron chi connectivity index (χ4n) is 1.96. The Hall–Kier alpha value is -0.0400. The van der Waals surface area contributed by atoms with Crippen molar-refractivity contribution in [2.75, 3.05) is 0 Å². The minimum atomic E-state index is 0.131. The molecule has 66 valence electrons. The van der Waals surface area contributed by atoms with Gasteiger partial charge in [-0.05, 0) is 39.5 Å². The van der Waals surface area contributed by atoms with Crippen molar-refractivity contribution in [3.63, 3.8) is 0 Å². The van der Waals surface area contributed by atoms with E-state index in [0.717, 1.165) is 12.8 Å². The molecule has 0 radical (unpaired) electrons. The Morgan fingerprint density at radius 1 is 1.09 bits per heavy atom. The number of rotatable bonds is 2. The van der Waals surface area contributed by atoms with Gasteiger partial charge in [-0.2, -0.15) is 0 Å². The molecule has 0 spiro atoms. The van der Waals surface area contributed by atoms with Gasteiger partial charge in [0.05, 0.1) is 11.2 Å². The van der Waals surface area contributed by atoms with Gasteiger partial charge in [-0.15, -0.1) is 0 Å². The van der Waals surface area contributed by atoms with Gasteiger partial charge in [0, 0.05) is 0 Å². The molecule has 0 saturated carbocycles. The van der Waals surface area contributed by atoms with Gasteiger partial charge in [0.2, 0.25) is 0 Å². The Labute approximate surface area is 70.1 Å². The van der Waals surface area contributed by atoms with Crippen LogP contribution in [0.2, 0.25) is 0 Å². The second kappa shape index (κ2) is 2.78. The van der Waals surface area contributed by atoms with Crippen LogP contribution < -0.4 is 0 Å². The summed E-state index contributed by atoms with van der Waals surface area (Å²) in [4.78, 5) is 0. The predicted molar refractivity (Wildman–Crippen MR) is 47.7 cm³/mol. The van der Waals surface area contributed by atoms with Gasteiger partial charge in [0.15, 0.2) is 0 Å². The quantitative estimate of drug-likeness (QED) is 0.597. The van der Waals surface area contributed by atoms with E-state index in [2.05, 4.69) is 27.7 Å². The molecule has 0 aliphatic carbocycles. The number of hydrogen-bond donors (Lipinski definition) is 0. The Morgan fingerprint density at radius 2 is 1.64 bits per heavy atom. The van der Waals surface area contributed by atoms with Crippen LogP contribution in [0.25, 0.3) is 0 Å². The van der Waals surface area contributed by atoms with Gasteiger partial charge in [-0.1, -0.05) is 13.8 Å². The summed E-state index contributed by atoms with van der Waals surface area (Å²) in [6.07, 6.45) is 4.78. The van der Waals surface area contributed by atoms with Gasteiger partial charge in [-0.25, -0.2) is 0 Å². The van der Waals surface area contributed by atoms with Crippen molar-refractivity contribution >= 4 is 0 Å². The second-order valence-electron chi connectivity index (χ2n) is 4.25. The monoisotopic (exact) mass is 156 g/mol. The lowest BCUT2D eigenvalue weighted by Gasteiger charge is -2.29. The Morgan fingerprint density at radius 3 is 1.82 bits per heavy atom. The maximum absolute atomic E-state index is 6.03. The summed E-state index contributed by atoms with van der Waals surface area (Å²) in [5.74, 6) is 0. The van der Waals surface area contributed by atoms with Crippen LogP contribution in [0.1, 0.15) is 53.4 Å². The molecule has 1 heteroatoms. The highest BCUT2D eigenvalue weighted by atomic mass is 16.5. The first-order valence-corrected chi connectivity index (χ1v) is 4.74. The van der Waals surface area contributed by atoms with E-state index in [4.69, 9.17) is 4.74 Å². The summed E-state index contributed by atoms with van der Waals surface area (Å²) < 4.78 is 6.03. The largest absolute Gasteiger partial charge is 0.369 e. The third kappa shape index (κ3) is 1.76. The summed E-state index contributed by atoms with van der Waals surface area (Å²) in [6, 6.07) is 0. The summed E-state index contributed by atoms with van der Waals surface area (Å²) in [5, 5.41) is 0. The predicted octanol–water partition coefficient (Wildman–Crippen LogP) is 3.13. The van der Waals surface area contributed by atoms with Crippen molar-refractivity contribution in [3.05, 3.63) is 0 Å². The molecule has 1 fully saturated rings. The first-order valence-electron chi connectivity index (χ1n) is 4.74. The second-order valence-corrected chi connectivity index (χ2v) is 4.25. The molecule has 0 amide bonds. The Balaban J connectivity index is 2.62. The summed E-state index contributed by atoms with van der Waals surface area (Å²) in [7, 11) is 0. The van der Waals surface area contributed by atoms with E-state index in [1.54, 1.807) is 0 Å². The van der Waals surface area contributed by atoms with Crippen LogP contribution in [0.4, 0.5) is 0 Å². The molecule has 1 aliphatic rings. The van der Waals surface area contributed by atoms with Gasteiger partial charge in [0.25, 0.3) is 0 Å². The van der Waals surface area contributed by atoms with Gasteiger partial charge < -0.3 is 4.74 Å². The SMILES string of the molecule is CCC1(CC)CCC(C)(C)O1. The van der Waals surface area contributed by atoms with Crippen molar-refractivity contribution in [1.29, 1.82) is 0 Å². The maximum Gasteiger partial charge on any atom is 0.0685 e. The van der Waals surface area contributed by atoms with E-state index in [1.807, 2.05) is 0 Å².